The summed E-state index contributed by atoms with van der Waals surface area (Å²) in [6, 6.07) is 15.5. The van der Waals surface area contributed by atoms with Gasteiger partial charge in [0.2, 0.25) is 0 Å². The Morgan fingerprint density at radius 1 is 1.12 bits per heavy atom. The van der Waals surface area contributed by atoms with Crippen LogP contribution in [0.25, 0.3) is 0 Å². The molecular weight excluding hydrogens is 421 g/mol. The van der Waals surface area contributed by atoms with Crippen LogP contribution in [-0.4, -0.2) is 36.6 Å². The third-order valence-electron chi connectivity index (χ3n) is 5.09. The largest absolute Gasteiger partial charge is 0.433 e. The summed E-state index contributed by atoms with van der Waals surface area (Å²) in [4.78, 5) is 19.0. The van der Waals surface area contributed by atoms with Crippen LogP contribution in [0, 0.1) is 5.82 Å². The van der Waals surface area contributed by atoms with Gasteiger partial charge in [-0.15, -0.1) is 0 Å². The molecule has 0 radical (unpaired) electrons. The standard InChI is InChI=1S/C23H21F3N4O2/c24-15-5-3-6-16(13-15)28-21-18(7-4-11-27-21)22(31)29-17-10-12-30(14-17)19-8-1-2-9-20(19)32-23(25)26/h1-9,11,13,17,23H,10,12,14H2,(H,27,28)(H,29,31). The molecule has 3 aromatic rings. The van der Waals surface area contributed by atoms with Crippen LogP contribution in [0.5, 0.6) is 5.75 Å². The first-order chi connectivity index (χ1) is 15.5. The van der Waals surface area contributed by atoms with Gasteiger partial charge < -0.3 is 20.3 Å². The van der Waals surface area contributed by atoms with Crippen molar-refractivity contribution in [1.29, 1.82) is 0 Å². The van der Waals surface area contributed by atoms with Gasteiger partial charge in [0, 0.05) is 31.0 Å². The SMILES string of the molecule is O=C(NC1CCN(c2ccccc2OC(F)F)C1)c1cccnc1Nc1cccc(F)c1. The van der Waals surface area contributed by atoms with Crippen LogP contribution in [0.3, 0.4) is 0 Å². The van der Waals surface area contributed by atoms with Crippen molar-refractivity contribution in [2.45, 2.75) is 19.1 Å². The molecule has 0 spiro atoms. The van der Waals surface area contributed by atoms with E-state index in [0.717, 1.165) is 0 Å². The number of nitrogens with one attached hydrogen (secondary N) is 2. The lowest BCUT2D eigenvalue weighted by molar-refractivity contribution is -0.0495. The summed E-state index contributed by atoms with van der Waals surface area (Å²) < 4.78 is 43.5. The molecule has 1 unspecified atom stereocenters. The Morgan fingerprint density at radius 2 is 1.97 bits per heavy atom. The first-order valence-corrected chi connectivity index (χ1v) is 10.1. The second kappa shape index (κ2) is 9.59. The van der Waals surface area contributed by atoms with E-state index in [1.54, 1.807) is 42.5 Å². The maximum Gasteiger partial charge on any atom is 0.387 e. The molecular formula is C23H21F3N4O2. The van der Waals surface area contributed by atoms with E-state index in [1.807, 2.05) is 4.90 Å². The van der Waals surface area contributed by atoms with Crippen molar-refractivity contribution in [2.24, 2.45) is 0 Å². The summed E-state index contributed by atoms with van der Waals surface area (Å²) in [7, 11) is 0. The highest BCUT2D eigenvalue weighted by molar-refractivity contribution is 5.99. The normalized spacial score (nSPS) is 15.6. The minimum Gasteiger partial charge on any atom is -0.433 e. The van der Waals surface area contributed by atoms with Gasteiger partial charge in [-0.1, -0.05) is 18.2 Å². The fourth-order valence-electron chi connectivity index (χ4n) is 3.67. The Kier molecular flexibility index (Phi) is 6.44. The number of amides is 1. The molecule has 9 heteroatoms. The number of ether oxygens (including phenoxy) is 1. The van der Waals surface area contributed by atoms with Gasteiger partial charge in [0.25, 0.3) is 5.91 Å². The molecule has 1 atom stereocenters. The van der Waals surface area contributed by atoms with E-state index in [-0.39, 0.29) is 17.7 Å². The molecule has 6 nitrogen and oxygen atoms in total. The molecule has 1 fully saturated rings. The monoisotopic (exact) mass is 442 g/mol. The van der Waals surface area contributed by atoms with Crippen LogP contribution in [0.4, 0.5) is 30.4 Å². The van der Waals surface area contributed by atoms with Crippen molar-refractivity contribution in [3.8, 4) is 5.75 Å². The van der Waals surface area contributed by atoms with E-state index in [0.29, 0.717) is 42.3 Å². The fraction of sp³-hybridized carbons (Fsp3) is 0.217. The zero-order chi connectivity index (χ0) is 22.5. The number of pyridine rings is 1. The lowest BCUT2D eigenvalue weighted by Gasteiger charge is -2.22. The van der Waals surface area contributed by atoms with Crippen molar-refractivity contribution in [3.05, 3.63) is 78.2 Å². The Hall–Kier alpha value is -3.75. The predicted molar refractivity (Wildman–Crippen MR) is 115 cm³/mol. The summed E-state index contributed by atoms with van der Waals surface area (Å²) in [6.07, 6.45) is 2.18. The molecule has 32 heavy (non-hydrogen) atoms. The number of aromatic nitrogens is 1. The Balaban J connectivity index is 1.44. The van der Waals surface area contributed by atoms with Gasteiger partial charge in [-0.05, 0) is 48.9 Å². The molecule has 0 aliphatic carbocycles. The number of carbonyl (C=O) groups excluding carboxylic acids is 1. The van der Waals surface area contributed by atoms with E-state index in [9.17, 15) is 18.0 Å². The van der Waals surface area contributed by atoms with Crippen LogP contribution in [0.15, 0.2) is 66.9 Å². The van der Waals surface area contributed by atoms with Crippen molar-refractivity contribution >= 4 is 23.1 Å². The third-order valence-corrected chi connectivity index (χ3v) is 5.09. The van der Waals surface area contributed by atoms with Crippen molar-refractivity contribution in [3.63, 3.8) is 0 Å². The zero-order valence-corrected chi connectivity index (χ0v) is 17.0. The average Bonchev–Trinajstić information content (AvgIpc) is 3.22. The lowest BCUT2D eigenvalue weighted by Crippen LogP contribution is -2.37. The minimum atomic E-state index is -2.91. The molecule has 2 aromatic carbocycles. The summed E-state index contributed by atoms with van der Waals surface area (Å²) in [6.45, 7) is -1.89. The van der Waals surface area contributed by atoms with E-state index >= 15 is 0 Å². The Labute approximate surface area is 183 Å². The maximum atomic E-state index is 13.5. The maximum absolute atomic E-state index is 13.5. The third kappa shape index (κ3) is 5.11. The summed E-state index contributed by atoms with van der Waals surface area (Å²) in [5.74, 6) is -0.329. The Bertz CT molecular complexity index is 1100. The van der Waals surface area contributed by atoms with Crippen LogP contribution >= 0.6 is 0 Å². The molecule has 166 valence electrons. The summed E-state index contributed by atoms with van der Waals surface area (Å²) >= 11 is 0. The van der Waals surface area contributed by atoms with E-state index in [4.69, 9.17) is 0 Å². The highest BCUT2D eigenvalue weighted by atomic mass is 19.3. The van der Waals surface area contributed by atoms with Gasteiger partial charge in [0.15, 0.2) is 0 Å². The number of hydrogen-bond acceptors (Lipinski definition) is 5. The average molecular weight is 442 g/mol. The van der Waals surface area contributed by atoms with Crippen LogP contribution in [0.1, 0.15) is 16.8 Å². The number of nitrogens with zero attached hydrogens (tertiary/aromatic N) is 2. The zero-order valence-electron chi connectivity index (χ0n) is 17.0. The number of anilines is 3. The molecule has 1 aliphatic rings. The van der Waals surface area contributed by atoms with E-state index in [2.05, 4.69) is 20.4 Å². The smallest absolute Gasteiger partial charge is 0.387 e. The molecule has 4 rings (SSSR count). The number of benzene rings is 2. The van der Waals surface area contributed by atoms with Gasteiger partial charge in [0.05, 0.1) is 11.3 Å². The number of rotatable bonds is 7. The molecule has 1 aliphatic heterocycles. The van der Waals surface area contributed by atoms with Crippen LogP contribution < -0.4 is 20.3 Å². The van der Waals surface area contributed by atoms with E-state index in [1.165, 1.54) is 24.4 Å². The molecule has 0 bridgehead atoms. The van der Waals surface area contributed by atoms with Gasteiger partial charge in [-0.2, -0.15) is 8.78 Å². The molecule has 1 aromatic heterocycles. The highest BCUT2D eigenvalue weighted by Crippen LogP contribution is 2.32. The summed E-state index contributed by atoms with van der Waals surface area (Å²) in [5.41, 5.74) is 1.34. The number of hydrogen-bond donors (Lipinski definition) is 2. The molecule has 2 N–H and O–H groups in total. The lowest BCUT2D eigenvalue weighted by atomic mass is 10.2. The van der Waals surface area contributed by atoms with Crippen molar-refractivity contribution < 1.29 is 22.7 Å². The molecule has 1 saturated heterocycles. The fourth-order valence-corrected chi connectivity index (χ4v) is 3.67. The number of carbonyl (C=O) groups is 1. The predicted octanol–water partition coefficient (Wildman–Crippen LogP) is 4.57. The number of alkyl halides is 2. The first-order valence-electron chi connectivity index (χ1n) is 10.1. The number of halogens is 3. The Morgan fingerprint density at radius 3 is 2.78 bits per heavy atom. The van der Waals surface area contributed by atoms with E-state index < -0.39 is 12.4 Å². The molecule has 2 heterocycles. The van der Waals surface area contributed by atoms with Gasteiger partial charge >= 0.3 is 6.61 Å². The van der Waals surface area contributed by atoms with Gasteiger partial charge in [-0.25, -0.2) is 9.37 Å². The summed E-state index contributed by atoms with van der Waals surface area (Å²) in [5, 5.41) is 5.94. The molecule has 1 amide bonds. The first kappa shape index (κ1) is 21.5. The van der Waals surface area contributed by atoms with Crippen molar-refractivity contribution in [2.75, 3.05) is 23.3 Å². The van der Waals surface area contributed by atoms with Crippen LogP contribution in [-0.2, 0) is 0 Å². The second-order valence-corrected chi connectivity index (χ2v) is 7.29. The number of para-hydroxylation sites is 2. The van der Waals surface area contributed by atoms with Gasteiger partial charge in [-0.3, -0.25) is 4.79 Å². The van der Waals surface area contributed by atoms with Crippen LogP contribution in [0.2, 0.25) is 0 Å². The molecule has 0 saturated carbocycles. The van der Waals surface area contributed by atoms with Gasteiger partial charge in [0.1, 0.15) is 17.4 Å². The minimum absolute atomic E-state index is 0.100. The topological polar surface area (TPSA) is 66.5 Å². The highest BCUT2D eigenvalue weighted by Gasteiger charge is 2.27. The van der Waals surface area contributed by atoms with Crippen molar-refractivity contribution in [1.82, 2.24) is 10.3 Å². The quantitative estimate of drug-likeness (QED) is 0.561. The second-order valence-electron chi connectivity index (χ2n) is 7.29.